The third-order valence-electron chi connectivity index (χ3n) is 4.96. The van der Waals surface area contributed by atoms with Crippen molar-refractivity contribution in [1.82, 2.24) is 15.0 Å². The van der Waals surface area contributed by atoms with Crippen LogP contribution in [0.15, 0.2) is 59.5 Å². The Kier molecular flexibility index (Phi) is 4.28. The Morgan fingerprint density at radius 1 is 1.14 bits per heavy atom. The van der Waals surface area contributed by atoms with Gasteiger partial charge in [-0.3, -0.25) is 9.78 Å². The molecule has 8 heteroatoms. The van der Waals surface area contributed by atoms with Crippen molar-refractivity contribution in [2.45, 2.75) is 12.5 Å². The van der Waals surface area contributed by atoms with Crippen LogP contribution in [0.3, 0.4) is 0 Å². The smallest absolute Gasteiger partial charge is 0.325 e. The van der Waals surface area contributed by atoms with Gasteiger partial charge >= 0.3 is 5.69 Å². The zero-order valence-electron chi connectivity index (χ0n) is 15.4. The van der Waals surface area contributed by atoms with E-state index in [1.54, 1.807) is 43.3 Å². The first-order valence-electron chi connectivity index (χ1n) is 8.78. The van der Waals surface area contributed by atoms with Crippen LogP contribution in [0.1, 0.15) is 16.7 Å². The van der Waals surface area contributed by atoms with E-state index in [1.165, 1.54) is 12.3 Å². The lowest BCUT2D eigenvalue weighted by atomic mass is 9.82. The molecule has 2 aromatic heterocycles. The monoisotopic (exact) mass is 392 g/mol. The van der Waals surface area contributed by atoms with Gasteiger partial charge in [-0.1, -0.05) is 30.3 Å². The summed E-state index contributed by atoms with van der Waals surface area (Å²) in [5, 5.41) is 11.2. The number of nitrogens with two attached hydrogens (primary N) is 1. The third-order valence-corrected chi connectivity index (χ3v) is 4.96. The summed E-state index contributed by atoms with van der Waals surface area (Å²) in [5.74, 6) is -1.70. The van der Waals surface area contributed by atoms with Gasteiger partial charge in [0.1, 0.15) is 5.82 Å². The molecule has 7 nitrogen and oxygen atoms in total. The molecule has 2 aromatic carbocycles. The van der Waals surface area contributed by atoms with Crippen LogP contribution in [0, 0.1) is 12.7 Å². The number of fused-ring (bicyclic) bond motifs is 1. The fourth-order valence-corrected chi connectivity index (χ4v) is 3.55. The Balaban J connectivity index is 1.94. The number of hydrogen-bond donors (Lipinski definition) is 4. The number of imidazole rings is 1. The van der Waals surface area contributed by atoms with E-state index >= 15 is 4.39 Å². The van der Waals surface area contributed by atoms with Crippen LogP contribution in [-0.4, -0.2) is 26.0 Å². The maximum absolute atomic E-state index is 15.2. The first-order chi connectivity index (χ1) is 13.8. The Morgan fingerprint density at radius 3 is 2.55 bits per heavy atom. The molecule has 1 amide bonds. The molecule has 4 rings (SSSR count). The molecule has 0 spiro atoms. The highest BCUT2D eigenvalue weighted by molar-refractivity contribution is 5.91. The van der Waals surface area contributed by atoms with Gasteiger partial charge in [0.2, 0.25) is 0 Å². The van der Waals surface area contributed by atoms with E-state index in [-0.39, 0.29) is 16.7 Å². The van der Waals surface area contributed by atoms with Gasteiger partial charge in [-0.25, -0.2) is 14.2 Å². The number of halogens is 1. The van der Waals surface area contributed by atoms with Gasteiger partial charge in [0.05, 0.1) is 5.52 Å². The van der Waals surface area contributed by atoms with Crippen molar-refractivity contribution in [3.05, 3.63) is 87.7 Å². The quantitative estimate of drug-likeness (QED) is 0.424. The van der Waals surface area contributed by atoms with Gasteiger partial charge < -0.3 is 15.8 Å². The number of aryl methyl sites for hydroxylation is 1. The molecule has 1 atom stereocenters. The highest BCUT2D eigenvalue weighted by atomic mass is 19.1. The standard InChI is InChI=1S/C21H17FN4O3/c1-11-9-14(13-7-8-24-18-17(13)25-20(28)26-18)16(22)10-15(11)21(29,19(23)27)12-5-3-2-4-6-12/h2-10,29H,1H3,(H2,23,27)(H2,24,25,26,28). The average molecular weight is 392 g/mol. The lowest BCUT2D eigenvalue weighted by molar-refractivity contribution is -0.133. The maximum atomic E-state index is 15.2. The first kappa shape index (κ1) is 18.6. The molecule has 0 aliphatic heterocycles. The van der Waals surface area contributed by atoms with Gasteiger partial charge in [0.25, 0.3) is 5.91 Å². The molecule has 2 heterocycles. The van der Waals surface area contributed by atoms with Gasteiger partial charge in [-0.2, -0.15) is 0 Å². The second-order valence-corrected chi connectivity index (χ2v) is 6.75. The first-order valence-corrected chi connectivity index (χ1v) is 8.78. The highest BCUT2D eigenvalue weighted by Gasteiger charge is 2.40. The number of aromatic nitrogens is 3. The maximum Gasteiger partial charge on any atom is 0.325 e. The predicted octanol–water partition coefficient (Wildman–Crippen LogP) is 2.09. The number of nitrogens with zero attached hydrogens (tertiary/aromatic N) is 1. The van der Waals surface area contributed by atoms with Gasteiger partial charge in [-0.05, 0) is 36.2 Å². The van der Waals surface area contributed by atoms with Crippen LogP contribution in [0.4, 0.5) is 4.39 Å². The normalized spacial score (nSPS) is 13.3. The van der Waals surface area contributed by atoms with Gasteiger partial charge in [0.15, 0.2) is 11.2 Å². The summed E-state index contributed by atoms with van der Waals surface area (Å²) >= 11 is 0. The number of rotatable bonds is 4. The van der Waals surface area contributed by atoms with Gasteiger partial charge in [-0.15, -0.1) is 0 Å². The summed E-state index contributed by atoms with van der Waals surface area (Å²) in [6.07, 6.45) is 1.45. The molecule has 4 aromatic rings. The molecular formula is C21H17FN4O3. The molecule has 1 unspecified atom stereocenters. The van der Waals surface area contributed by atoms with Crippen LogP contribution in [0.2, 0.25) is 0 Å². The summed E-state index contributed by atoms with van der Waals surface area (Å²) in [6, 6.07) is 12.3. The molecule has 0 fully saturated rings. The largest absolute Gasteiger partial charge is 0.372 e. The van der Waals surface area contributed by atoms with Crippen molar-refractivity contribution in [3.8, 4) is 11.1 Å². The van der Waals surface area contributed by atoms with Crippen LogP contribution in [-0.2, 0) is 10.4 Å². The Labute approximate surface area is 164 Å². The summed E-state index contributed by atoms with van der Waals surface area (Å²) < 4.78 is 15.2. The van der Waals surface area contributed by atoms with Crippen molar-refractivity contribution in [2.75, 3.05) is 0 Å². The van der Waals surface area contributed by atoms with Crippen LogP contribution >= 0.6 is 0 Å². The van der Waals surface area contributed by atoms with E-state index in [2.05, 4.69) is 15.0 Å². The number of aliphatic hydroxyl groups is 1. The molecular weight excluding hydrogens is 375 g/mol. The van der Waals surface area contributed by atoms with E-state index < -0.39 is 23.0 Å². The number of carbonyl (C=O) groups excluding carboxylic acids is 1. The second kappa shape index (κ2) is 6.68. The molecule has 0 aliphatic carbocycles. The molecule has 5 N–H and O–H groups in total. The molecule has 0 bridgehead atoms. The second-order valence-electron chi connectivity index (χ2n) is 6.75. The number of amides is 1. The Bertz CT molecular complexity index is 1300. The van der Waals surface area contributed by atoms with E-state index in [9.17, 15) is 14.7 Å². The van der Waals surface area contributed by atoms with Crippen molar-refractivity contribution >= 4 is 17.1 Å². The Hall–Kier alpha value is -3.78. The van der Waals surface area contributed by atoms with Crippen LogP contribution in [0.5, 0.6) is 0 Å². The van der Waals surface area contributed by atoms with Crippen molar-refractivity contribution < 1.29 is 14.3 Å². The average Bonchev–Trinajstić information content (AvgIpc) is 3.09. The SMILES string of the molecule is Cc1cc(-c2ccnc3[nH]c(=O)[nH]c23)c(F)cc1C(O)(C(N)=O)c1ccccc1. The predicted molar refractivity (Wildman–Crippen MR) is 105 cm³/mol. The van der Waals surface area contributed by atoms with E-state index in [0.29, 0.717) is 22.3 Å². The number of nitrogens with one attached hydrogen (secondary N) is 2. The number of primary amides is 1. The number of pyridine rings is 1. The summed E-state index contributed by atoms with van der Waals surface area (Å²) in [6.45, 7) is 1.65. The minimum atomic E-state index is -2.19. The van der Waals surface area contributed by atoms with E-state index in [0.717, 1.165) is 6.07 Å². The van der Waals surface area contributed by atoms with Crippen molar-refractivity contribution in [3.63, 3.8) is 0 Å². The fourth-order valence-electron chi connectivity index (χ4n) is 3.55. The number of aromatic amines is 2. The Morgan fingerprint density at radius 2 is 1.86 bits per heavy atom. The van der Waals surface area contributed by atoms with Crippen molar-refractivity contribution in [2.24, 2.45) is 5.73 Å². The third kappa shape index (κ3) is 2.90. The van der Waals surface area contributed by atoms with Crippen molar-refractivity contribution in [1.29, 1.82) is 0 Å². The number of hydrogen-bond acceptors (Lipinski definition) is 4. The minimum absolute atomic E-state index is 0.0466. The highest BCUT2D eigenvalue weighted by Crippen LogP contribution is 2.36. The van der Waals surface area contributed by atoms with Crippen LogP contribution in [0.25, 0.3) is 22.3 Å². The number of carbonyl (C=O) groups is 1. The molecule has 0 saturated heterocycles. The topological polar surface area (TPSA) is 125 Å². The van der Waals surface area contributed by atoms with Gasteiger partial charge in [0, 0.05) is 22.9 Å². The fraction of sp³-hybridized carbons (Fsp3) is 0.0952. The lowest BCUT2D eigenvalue weighted by Crippen LogP contribution is -2.42. The van der Waals surface area contributed by atoms with Crippen LogP contribution < -0.4 is 11.4 Å². The molecule has 0 aliphatic rings. The molecule has 0 radical (unpaired) electrons. The number of H-pyrrole nitrogens is 2. The molecule has 146 valence electrons. The molecule has 0 saturated carbocycles. The zero-order valence-corrected chi connectivity index (χ0v) is 15.4. The zero-order chi connectivity index (χ0) is 20.8. The van der Waals surface area contributed by atoms with E-state index in [1.807, 2.05) is 0 Å². The summed E-state index contributed by atoms with van der Waals surface area (Å²) in [5.41, 5.74) is 4.87. The summed E-state index contributed by atoms with van der Waals surface area (Å²) in [4.78, 5) is 33.0. The minimum Gasteiger partial charge on any atom is -0.372 e. The number of benzene rings is 2. The molecule has 29 heavy (non-hydrogen) atoms. The lowest BCUT2D eigenvalue weighted by Gasteiger charge is -2.28. The van der Waals surface area contributed by atoms with E-state index in [4.69, 9.17) is 5.73 Å². The summed E-state index contributed by atoms with van der Waals surface area (Å²) in [7, 11) is 0.